The van der Waals surface area contributed by atoms with Crippen LogP contribution in [0.1, 0.15) is 30.4 Å². The molecular formula is C14H18O2S2. The van der Waals surface area contributed by atoms with Crippen molar-refractivity contribution in [2.75, 3.05) is 12.5 Å². The molecular weight excluding hydrogens is 264 g/mol. The maximum Gasteiger partial charge on any atom is 0.314 e. The van der Waals surface area contributed by atoms with Crippen LogP contribution in [0.3, 0.4) is 0 Å². The first-order valence-electron chi connectivity index (χ1n) is 6.01. The normalized spacial score (nSPS) is 17.3. The Morgan fingerprint density at radius 3 is 2.22 bits per heavy atom. The molecule has 2 rings (SSSR count). The third-order valence-electron chi connectivity index (χ3n) is 3.85. The van der Waals surface area contributed by atoms with E-state index in [-0.39, 0.29) is 0 Å². The summed E-state index contributed by atoms with van der Waals surface area (Å²) in [5, 5.41) is 9.57. The van der Waals surface area contributed by atoms with Gasteiger partial charge in [0.15, 0.2) is 0 Å². The molecule has 1 aromatic carbocycles. The molecule has 0 aromatic heterocycles. The molecule has 0 radical (unpaired) electrons. The molecule has 0 unspecified atom stereocenters. The number of carbonyl (C=O) groups is 1. The van der Waals surface area contributed by atoms with Gasteiger partial charge in [0.2, 0.25) is 0 Å². The van der Waals surface area contributed by atoms with Gasteiger partial charge in [-0.3, -0.25) is 4.79 Å². The third-order valence-corrected chi connectivity index (χ3v) is 5.51. The van der Waals surface area contributed by atoms with E-state index in [9.17, 15) is 9.90 Å². The Kier molecular flexibility index (Phi) is 3.97. The summed E-state index contributed by atoms with van der Waals surface area (Å²) >= 11 is 3.34. The van der Waals surface area contributed by atoms with Gasteiger partial charge in [-0.1, -0.05) is 6.42 Å². The lowest BCUT2D eigenvalue weighted by molar-refractivity contribution is -0.147. The molecule has 1 aliphatic carbocycles. The maximum atomic E-state index is 11.6. The van der Waals surface area contributed by atoms with Gasteiger partial charge < -0.3 is 5.11 Å². The molecule has 1 aliphatic rings. The molecule has 0 bridgehead atoms. The van der Waals surface area contributed by atoms with Crippen molar-refractivity contribution in [1.82, 2.24) is 0 Å². The van der Waals surface area contributed by atoms with Crippen LogP contribution >= 0.6 is 23.5 Å². The number of benzene rings is 1. The second kappa shape index (κ2) is 5.17. The van der Waals surface area contributed by atoms with Crippen molar-refractivity contribution in [3.8, 4) is 0 Å². The Hall–Kier alpha value is -0.610. The van der Waals surface area contributed by atoms with Crippen LogP contribution < -0.4 is 0 Å². The fraction of sp³-hybridized carbons (Fsp3) is 0.500. The molecule has 2 nitrogen and oxygen atoms in total. The topological polar surface area (TPSA) is 37.3 Å². The van der Waals surface area contributed by atoms with E-state index < -0.39 is 11.4 Å². The van der Waals surface area contributed by atoms with Gasteiger partial charge in [0.05, 0.1) is 5.41 Å². The Balaban J connectivity index is 2.58. The van der Waals surface area contributed by atoms with E-state index in [1.165, 1.54) is 10.5 Å². The summed E-state index contributed by atoms with van der Waals surface area (Å²) in [4.78, 5) is 13.9. The fourth-order valence-electron chi connectivity index (χ4n) is 2.55. The largest absolute Gasteiger partial charge is 0.481 e. The maximum absolute atomic E-state index is 11.6. The lowest BCUT2D eigenvalue weighted by atomic mass is 9.64. The summed E-state index contributed by atoms with van der Waals surface area (Å²) in [5.41, 5.74) is 1.62. The number of aliphatic carboxylic acids is 1. The lowest BCUT2D eigenvalue weighted by Gasteiger charge is -2.39. The Morgan fingerprint density at radius 1 is 1.22 bits per heavy atom. The van der Waals surface area contributed by atoms with Gasteiger partial charge in [0.25, 0.3) is 0 Å². The molecule has 1 N–H and O–H groups in total. The smallest absolute Gasteiger partial charge is 0.314 e. The highest BCUT2D eigenvalue weighted by Gasteiger charge is 2.47. The molecule has 1 saturated carbocycles. The van der Waals surface area contributed by atoms with Crippen LogP contribution in [0.4, 0.5) is 0 Å². The summed E-state index contributed by atoms with van der Waals surface area (Å²) in [5.74, 6) is -0.667. The van der Waals surface area contributed by atoms with E-state index in [1.807, 2.05) is 12.5 Å². The van der Waals surface area contributed by atoms with Crippen molar-refractivity contribution in [2.45, 2.75) is 41.4 Å². The average Bonchev–Trinajstić information content (AvgIpc) is 2.28. The first-order chi connectivity index (χ1) is 8.55. The summed E-state index contributed by atoms with van der Waals surface area (Å²) in [7, 11) is 0. The summed E-state index contributed by atoms with van der Waals surface area (Å²) < 4.78 is 0. The minimum absolute atomic E-state index is 0.628. The summed E-state index contributed by atoms with van der Waals surface area (Å²) in [6.07, 6.45) is 6.62. The van der Waals surface area contributed by atoms with Crippen molar-refractivity contribution in [1.29, 1.82) is 0 Å². The Labute approximate surface area is 117 Å². The van der Waals surface area contributed by atoms with Crippen molar-refractivity contribution >= 4 is 29.5 Å². The number of thioether (sulfide) groups is 2. The zero-order valence-electron chi connectivity index (χ0n) is 10.9. The average molecular weight is 282 g/mol. The first kappa shape index (κ1) is 13.8. The van der Waals surface area contributed by atoms with Crippen molar-refractivity contribution in [3.05, 3.63) is 23.3 Å². The van der Waals surface area contributed by atoms with Gasteiger partial charge in [-0.2, -0.15) is 0 Å². The van der Waals surface area contributed by atoms with Gasteiger partial charge in [0.1, 0.15) is 0 Å². The van der Waals surface area contributed by atoms with Crippen LogP contribution in [0.15, 0.2) is 21.9 Å². The standard InChI is InChI=1S/C14H18O2S2/c1-9-7-12(18-3)10(8-11(9)17-2)14(13(15)16)5-4-6-14/h7-8H,4-6H2,1-3H3,(H,15,16). The predicted octanol–water partition coefficient (Wildman–Crippen LogP) is 3.95. The first-order valence-corrected chi connectivity index (χ1v) is 8.46. The van der Waals surface area contributed by atoms with Gasteiger partial charge in [0, 0.05) is 9.79 Å². The quantitative estimate of drug-likeness (QED) is 0.849. The summed E-state index contributed by atoms with van der Waals surface area (Å²) in [6.45, 7) is 2.09. The molecule has 1 fully saturated rings. The van der Waals surface area contributed by atoms with Gasteiger partial charge in [-0.05, 0) is 55.5 Å². The molecule has 0 saturated heterocycles. The Bertz CT molecular complexity index is 479. The van der Waals surface area contributed by atoms with E-state index >= 15 is 0 Å². The van der Waals surface area contributed by atoms with Gasteiger partial charge in [-0.25, -0.2) is 0 Å². The highest BCUT2D eigenvalue weighted by Crippen LogP contribution is 2.48. The zero-order valence-corrected chi connectivity index (χ0v) is 12.6. The Morgan fingerprint density at radius 2 is 1.83 bits per heavy atom. The van der Waals surface area contributed by atoms with Gasteiger partial charge >= 0.3 is 5.97 Å². The van der Waals surface area contributed by atoms with Crippen molar-refractivity contribution < 1.29 is 9.90 Å². The fourth-order valence-corrected chi connectivity index (χ4v) is 3.94. The molecule has 0 spiro atoms. The minimum Gasteiger partial charge on any atom is -0.481 e. The van der Waals surface area contributed by atoms with Gasteiger partial charge in [-0.15, -0.1) is 23.5 Å². The number of carboxylic acids is 1. The van der Waals surface area contributed by atoms with E-state index in [2.05, 4.69) is 19.1 Å². The van der Waals surface area contributed by atoms with Crippen LogP contribution in [-0.4, -0.2) is 23.6 Å². The molecule has 0 aliphatic heterocycles. The number of carboxylic acid groups (broad SMARTS) is 1. The molecule has 4 heteroatoms. The molecule has 0 heterocycles. The third kappa shape index (κ3) is 2.05. The van der Waals surface area contributed by atoms with Crippen LogP contribution in [0.2, 0.25) is 0 Å². The molecule has 1 aromatic rings. The highest BCUT2D eigenvalue weighted by atomic mass is 32.2. The monoisotopic (exact) mass is 282 g/mol. The minimum atomic E-state index is -0.667. The van der Waals surface area contributed by atoms with Crippen LogP contribution in [0.5, 0.6) is 0 Å². The van der Waals surface area contributed by atoms with E-state index in [4.69, 9.17) is 0 Å². The van der Waals surface area contributed by atoms with E-state index in [0.29, 0.717) is 0 Å². The van der Waals surface area contributed by atoms with Crippen LogP contribution in [0.25, 0.3) is 0 Å². The second-order valence-corrected chi connectivity index (χ2v) is 6.46. The van der Waals surface area contributed by atoms with Crippen molar-refractivity contribution in [2.24, 2.45) is 0 Å². The van der Waals surface area contributed by atoms with Crippen LogP contribution in [0, 0.1) is 6.92 Å². The number of aryl methyl sites for hydroxylation is 1. The predicted molar refractivity (Wildman–Crippen MR) is 77.9 cm³/mol. The lowest BCUT2D eigenvalue weighted by Crippen LogP contribution is -2.42. The van der Waals surface area contributed by atoms with E-state index in [1.54, 1.807) is 23.5 Å². The highest BCUT2D eigenvalue weighted by molar-refractivity contribution is 7.99. The molecule has 0 amide bonds. The van der Waals surface area contributed by atoms with Crippen molar-refractivity contribution in [3.63, 3.8) is 0 Å². The van der Waals surface area contributed by atoms with E-state index in [0.717, 1.165) is 29.7 Å². The molecule has 18 heavy (non-hydrogen) atoms. The SMILES string of the molecule is CSc1cc(C2(C(=O)O)CCC2)c(SC)cc1C. The zero-order chi connectivity index (χ0) is 13.3. The molecule has 0 atom stereocenters. The number of hydrogen-bond acceptors (Lipinski definition) is 3. The molecule has 98 valence electrons. The second-order valence-electron chi connectivity index (χ2n) is 4.76. The van der Waals surface area contributed by atoms with Crippen LogP contribution in [-0.2, 0) is 10.2 Å². The summed E-state index contributed by atoms with van der Waals surface area (Å²) in [6, 6.07) is 4.23. The number of rotatable bonds is 4. The number of hydrogen-bond donors (Lipinski definition) is 1.